The third-order valence-corrected chi connectivity index (χ3v) is 5.01. The summed E-state index contributed by atoms with van der Waals surface area (Å²) in [6.45, 7) is 6.17. The van der Waals surface area contributed by atoms with Gasteiger partial charge in [0, 0.05) is 41.9 Å². The average molecular weight is 378 g/mol. The van der Waals surface area contributed by atoms with Crippen molar-refractivity contribution >= 4 is 28.3 Å². The zero-order chi connectivity index (χ0) is 19.7. The van der Waals surface area contributed by atoms with Crippen molar-refractivity contribution in [1.82, 2.24) is 20.2 Å². The van der Waals surface area contributed by atoms with Gasteiger partial charge in [0.05, 0.1) is 12.7 Å². The Hall–Kier alpha value is -3.06. The van der Waals surface area contributed by atoms with Gasteiger partial charge in [0.15, 0.2) is 0 Å². The molecule has 4 rings (SSSR count). The van der Waals surface area contributed by atoms with Gasteiger partial charge in [0.25, 0.3) is 5.91 Å². The Morgan fingerprint density at radius 3 is 2.86 bits per heavy atom. The van der Waals surface area contributed by atoms with Crippen LogP contribution >= 0.6 is 0 Å². The number of H-pyrrole nitrogens is 1. The number of piperazine rings is 1. The van der Waals surface area contributed by atoms with Gasteiger partial charge < -0.3 is 20.5 Å². The number of nitrogens with two attached hydrogens (primary N) is 1. The maximum atomic E-state index is 13.1. The lowest BCUT2D eigenvalue weighted by Crippen LogP contribution is -2.61. The van der Waals surface area contributed by atoms with E-state index in [1.54, 1.807) is 6.20 Å². The van der Waals surface area contributed by atoms with Crippen molar-refractivity contribution in [3.63, 3.8) is 0 Å². The number of rotatable bonds is 4. The highest BCUT2D eigenvalue weighted by molar-refractivity contribution is 5.98. The molecule has 1 saturated heterocycles. The lowest BCUT2D eigenvalue weighted by molar-refractivity contribution is 0.0702. The number of hydrogen-bond acceptors (Lipinski definition) is 5. The van der Waals surface area contributed by atoms with E-state index in [1.165, 1.54) is 0 Å². The van der Waals surface area contributed by atoms with Gasteiger partial charge in [-0.15, -0.1) is 0 Å². The maximum Gasteiger partial charge on any atom is 0.270 e. The van der Waals surface area contributed by atoms with E-state index < -0.39 is 0 Å². The molecule has 1 fully saturated rings. The molecule has 1 unspecified atom stereocenters. The fourth-order valence-corrected chi connectivity index (χ4v) is 3.73. The second kappa shape index (κ2) is 7.52. The van der Waals surface area contributed by atoms with Crippen LogP contribution in [-0.4, -0.2) is 52.6 Å². The van der Waals surface area contributed by atoms with Crippen LogP contribution in [0.1, 0.15) is 24.3 Å². The van der Waals surface area contributed by atoms with E-state index in [1.807, 2.05) is 47.4 Å². The third-order valence-electron chi connectivity index (χ3n) is 5.01. The summed E-state index contributed by atoms with van der Waals surface area (Å²) in [4.78, 5) is 25.0. The van der Waals surface area contributed by atoms with Gasteiger partial charge in [-0.1, -0.05) is 6.07 Å². The predicted molar refractivity (Wildman–Crippen MR) is 112 cm³/mol. The number of benzene rings is 1. The smallest absolute Gasteiger partial charge is 0.270 e. The summed E-state index contributed by atoms with van der Waals surface area (Å²) in [5.41, 5.74) is 8.06. The summed E-state index contributed by atoms with van der Waals surface area (Å²) in [6.07, 6.45) is 1.81. The molecule has 0 saturated carbocycles. The maximum absolute atomic E-state index is 13.1. The van der Waals surface area contributed by atoms with Gasteiger partial charge in [0.1, 0.15) is 11.5 Å². The fraction of sp³-hybridized carbons (Fsp3) is 0.333. The van der Waals surface area contributed by atoms with Crippen molar-refractivity contribution in [2.24, 2.45) is 0 Å². The molecule has 0 bridgehead atoms. The van der Waals surface area contributed by atoms with Gasteiger partial charge in [-0.05, 0) is 50.2 Å². The Balaban J connectivity index is 1.55. The van der Waals surface area contributed by atoms with Crippen molar-refractivity contribution in [2.45, 2.75) is 26.1 Å². The molecule has 1 aliphatic heterocycles. The number of hydrogen-bond donors (Lipinski definition) is 3. The summed E-state index contributed by atoms with van der Waals surface area (Å²) in [5.74, 6) is 0.930. The first-order chi connectivity index (χ1) is 13.5. The van der Waals surface area contributed by atoms with E-state index >= 15 is 0 Å². The number of nitrogens with zero attached hydrogens (tertiary/aromatic N) is 3. The molecule has 1 atom stereocenters. The number of carbonyl (C=O) groups excluding carboxylic acids is 1. The minimum atomic E-state index is 0.00555. The number of aromatic nitrogens is 2. The van der Waals surface area contributed by atoms with Crippen LogP contribution in [0, 0.1) is 0 Å². The minimum Gasteiger partial charge on any atom is -0.399 e. The van der Waals surface area contributed by atoms with Crippen molar-refractivity contribution < 1.29 is 4.79 Å². The summed E-state index contributed by atoms with van der Waals surface area (Å²) >= 11 is 0. The van der Waals surface area contributed by atoms with E-state index in [-0.39, 0.29) is 12.1 Å². The zero-order valence-corrected chi connectivity index (χ0v) is 16.2. The van der Waals surface area contributed by atoms with Crippen molar-refractivity contribution in [2.75, 3.05) is 30.3 Å². The van der Waals surface area contributed by atoms with Gasteiger partial charge in [-0.25, -0.2) is 4.98 Å². The van der Waals surface area contributed by atoms with Crippen LogP contribution in [0.4, 0.5) is 11.5 Å². The molecule has 1 aliphatic rings. The first-order valence-corrected chi connectivity index (χ1v) is 9.62. The summed E-state index contributed by atoms with van der Waals surface area (Å²) < 4.78 is 0. The molecule has 7 heteroatoms. The van der Waals surface area contributed by atoms with Crippen LogP contribution in [-0.2, 0) is 0 Å². The number of aromatic amines is 1. The molecule has 1 amide bonds. The summed E-state index contributed by atoms with van der Waals surface area (Å²) in [5, 5.41) is 4.52. The topological polar surface area (TPSA) is 90.3 Å². The lowest BCUT2D eigenvalue weighted by Gasteiger charge is -2.43. The monoisotopic (exact) mass is 378 g/mol. The first kappa shape index (κ1) is 18.3. The SMILES string of the molecule is CC(C)NC1CN(C(=O)c2cc3cc(N)ccc3[nH]2)CCN1c1ccccn1. The number of nitrogens with one attached hydrogen (secondary N) is 2. The molecule has 3 heterocycles. The predicted octanol–water partition coefficient (Wildman–Crippen LogP) is 2.43. The highest BCUT2D eigenvalue weighted by atomic mass is 16.2. The average Bonchev–Trinajstić information content (AvgIpc) is 3.10. The first-order valence-electron chi connectivity index (χ1n) is 9.62. The minimum absolute atomic E-state index is 0.00555. The number of anilines is 2. The number of carbonyl (C=O) groups is 1. The third kappa shape index (κ3) is 3.66. The van der Waals surface area contributed by atoms with Crippen molar-refractivity contribution in [3.8, 4) is 0 Å². The van der Waals surface area contributed by atoms with E-state index in [2.05, 4.69) is 34.0 Å². The van der Waals surface area contributed by atoms with Crippen LogP contribution in [0.2, 0.25) is 0 Å². The number of fused-ring (bicyclic) bond motifs is 1. The Morgan fingerprint density at radius 1 is 1.25 bits per heavy atom. The standard InChI is InChI=1S/C21H26N6O/c1-14(2)24-20-13-26(9-10-27(20)19-5-3-4-8-23-19)21(28)18-12-15-11-16(22)6-7-17(15)25-18/h3-8,11-12,14,20,24-25H,9-10,13,22H2,1-2H3. The van der Waals surface area contributed by atoms with Crippen LogP contribution < -0.4 is 16.0 Å². The van der Waals surface area contributed by atoms with Gasteiger partial charge in [-0.2, -0.15) is 0 Å². The highest BCUT2D eigenvalue weighted by Crippen LogP contribution is 2.22. The number of nitrogen functional groups attached to an aromatic ring is 1. The number of pyridine rings is 1. The fourth-order valence-electron chi connectivity index (χ4n) is 3.73. The summed E-state index contributed by atoms with van der Waals surface area (Å²) in [6, 6.07) is 13.7. The normalized spacial score (nSPS) is 17.5. The molecular formula is C21H26N6O. The molecule has 2 aromatic heterocycles. The van der Waals surface area contributed by atoms with E-state index in [4.69, 9.17) is 5.73 Å². The number of amides is 1. The van der Waals surface area contributed by atoms with Crippen LogP contribution in [0.3, 0.4) is 0 Å². The molecule has 0 spiro atoms. The summed E-state index contributed by atoms with van der Waals surface area (Å²) in [7, 11) is 0. The van der Waals surface area contributed by atoms with E-state index in [9.17, 15) is 4.79 Å². The molecule has 7 nitrogen and oxygen atoms in total. The van der Waals surface area contributed by atoms with Gasteiger partial charge in [-0.3, -0.25) is 10.1 Å². The largest absolute Gasteiger partial charge is 0.399 e. The Kier molecular flexibility index (Phi) is 4.92. The zero-order valence-electron chi connectivity index (χ0n) is 16.2. The highest BCUT2D eigenvalue weighted by Gasteiger charge is 2.31. The van der Waals surface area contributed by atoms with Crippen molar-refractivity contribution in [1.29, 1.82) is 0 Å². The van der Waals surface area contributed by atoms with Crippen LogP contribution in [0.5, 0.6) is 0 Å². The van der Waals surface area contributed by atoms with Crippen LogP contribution in [0.15, 0.2) is 48.7 Å². The second-order valence-electron chi connectivity index (χ2n) is 7.50. The molecule has 1 aromatic carbocycles. The van der Waals surface area contributed by atoms with E-state index in [0.717, 1.165) is 23.3 Å². The van der Waals surface area contributed by atoms with Gasteiger partial charge in [0.2, 0.25) is 0 Å². The molecule has 4 N–H and O–H groups in total. The Bertz CT molecular complexity index is 967. The molecule has 0 aliphatic carbocycles. The van der Waals surface area contributed by atoms with Gasteiger partial charge >= 0.3 is 0 Å². The Labute approximate surface area is 164 Å². The molecular weight excluding hydrogens is 352 g/mol. The molecule has 28 heavy (non-hydrogen) atoms. The quantitative estimate of drug-likeness (QED) is 0.607. The van der Waals surface area contributed by atoms with Crippen LogP contribution in [0.25, 0.3) is 10.9 Å². The molecule has 3 aromatic rings. The Morgan fingerprint density at radius 2 is 2.11 bits per heavy atom. The lowest BCUT2D eigenvalue weighted by atomic mass is 10.2. The van der Waals surface area contributed by atoms with E-state index in [0.29, 0.717) is 30.5 Å². The molecule has 0 radical (unpaired) electrons. The second-order valence-corrected chi connectivity index (χ2v) is 7.50. The van der Waals surface area contributed by atoms with Crippen molar-refractivity contribution in [3.05, 3.63) is 54.4 Å². The molecule has 146 valence electrons.